The molecule has 0 aliphatic heterocycles. The molecule has 0 saturated heterocycles. The summed E-state index contributed by atoms with van der Waals surface area (Å²) >= 11 is 0. The first-order valence-corrected chi connectivity index (χ1v) is 9.89. The Kier molecular flexibility index (Phi) is 11.6. The highest BCUT2D eigenvalue weighted by atomic mass is 17.0. The first-order chi connectivity index (χ1) is 14.7. The number of carboxylic acid groups (broad SMARTS) is 1. The number of carboxylic acids is 1. The Morgan fingerprint density at radius 3 is 2.42 bits per heavy atom. The van der Waals surface area contributed by atoms with Crippen molar-refractivity contribution in [1.29, 1.82) is 0 Å². The number of hydrogen-bond acceptors (Lipinski definition) is 10. The van der Waals surface area contributed by atoms with Gasteiger partial charge >= 0.3 is 18.0 Å². The van der Waals surface area contributed by atoms with Gasteiger partial charge in [0.15, 0.2) is 6.10 Å². The van der Waals surface area contributed by atoms with Crippen molar-refractivity contribution in [2.75, 3.05) is 33.5 Å². The molecule has 0 aromatic carbocycles. The average Bonchev–Trinajstić information content (AvgIpc) is 2.66. The van der Waals surface area contributed by atoms with Gasteiger partial charge in [-0.3, -0.25) is 4.79 Å². The number of ether oxygens (including phenoxy) is 4. The zero-order valence-electron chi connectivity index (χ0n) is 17.7. The molecule has 1 saturated carbocycles. The maximum atomic E-state index is 12.0. The van der Waals surface area contributed by atoms with Crippen molar-refractivity contribution in [3.8, 4) is 0 Å². The van der Waals surface area contributed by atoms with Gasteiger partial charge in [0, 0.05) is 20.6 Å². The molecule has 0 aromatic rings. The molecule has 178 valence electrons. The van der Waals surface area contributed by atoms with E-state index in [1.54, 1.807) is 0 Å². The summed E-state index contributed by atoms with van der Waals surface area (Å²) in [5.74, 6) is -1.78. The van der Waals surface area contributed by atoms with E-state index in [2.05, 4.69) is 10.2 Å². The fourth-order valence-electron chi connectivity index (χ4n) is 3.42. The van der Waals surface area contributed by atoms with Crippen molar-refractivity contribution < 1.29 is 48.4 Å². The fraction of sp³-hybridized carbons (Fsp3) is 0.833. The van der Waals surface area contributed by atoms with Gasteiger partial charge in [0.05, 0.1) is 19.6 Å². The van der Waals surface area contributed by atoms with Gasteiger partial charge in [-0.2, -0.15) is 0 Å². The molecular weight excluding hydrogens is 420 g/mol. The molecule has 1 rings (SSSR count). The molecule has 0 heterocycles. The summed E-state index contributed by atoms with van der Waals surface area (Å²) < 4.78 is 19.6. The van der Waals surface area contributed by atoms with Crippen LogP contribution in [0.1, 0.15) is 45.4 Å². The highest BCUT2D eigenvalue weighted by Crippen LogP contribution is 2.38. The fourth-order valence-corrected chi connectivity index (χ4v) is 3.42. The third kappa shape index (κ3) is 11.3. The third-order valence-electron chi connectivity index (χ3n) is 4.73. The highest BCUT2D eigenvalue weighted by molar-refractivity contribution is 5.71. The monoisotopic (exact) mass is 450 g/mol. The second kappa shape index (κ2) is 13.6. The van der Waals surface area contributed by atoms with Gasteiger partial charge in [-0.1, -0.05) is 19.3 Å². The number of esters is 1. The number of carbonyl (C=O) groups excluding carboxylic acids is 2. The molecule has 0 spiro atoms. The van der Waals surface area contributed by atoms with E-state index in [1.807, 2.05) is 0 Å². The maximum absolute atomic E-state index is 12.0. The number of nitrogens with zero attached hydrogens (tertiary/aromatic N) is 1. The van der Waals surface area contributed by atoms with Crippen LogP contribution in [0.4, 0.5) is 4.79 Å². The predicted molar refractivity (Wildman–Crippen MR) is 102 cm³/mol. The zero-order chi connectivity index (χ0) is 23.3. The Balaban J connectivity index is 2.34. The second-order valence-electron chi connectivity index (χ2n) is 7.37. The quantitative estimate of drug-likeness (QED) is 0.169. The molecule has 2 unspecified atom stereocenters. The largest absolute Gasteiger partial charge is 0.481 e. The molecule has 31 heavy (non-hydrogen) atoms. The lowest BCUT2D eigenvalue weighted by atomic mass is 9.72. The molecule has 1 aliphatic carbocycles. The van der Waals surface area contributed by atoms with E-state index in [4.69, 9.17) is 24.1 Å². The van der Waals surface area contributed by atoms with Crippen LogP contribution in [0.15, 0.2) is 0 Å². The standard InChI is InChI=1S/C18H30N2O11/c1-13(29-16(23)11-28-10-14(9-27-2)31-20(25)26)30-17(24)19-12-18(8-15(21)22)6-4-3-5-7-18/h13-14H,3-12H2,1-2H3,(H,19,24)(H,21,22). The van der Waals surface area contributed by atoms with E-state index >= 15 is 0 Å². The van der Waals surface area contributed by atoms with Crippen LogP contribution in [0.3, 0.4) is 0 Å². The van der Waals surface area contributed by atoms with E-state index < -0.39 is 47.5 Å². The predicted octanol–water partition coefficient (Wildman–Crippen LogP) is 1.27. The van der Waals surface area contributed by atoms with Gasteiger partial charge in [0.1, 0.15) is 6.61 Å². The van der Waals surface area contributed by atoms with Crippen LogP contribution in [-0.4, -0.2) is 74.1 Å². The van der Waals surface area contributed by atoms with Crippen molar-refractivity contribution in [2.45, 2.75) is 57.8 Å². The molecule has 2 N–H and O–H groups in total. The van der Waals surface area contributed by atoms with Gasteiger partial charge in [0.2, 0.25) is 6.29 Å². The van der Waals surface area contributed by atoms with Gasteiger partial charge in [0.25, 0.3) is 5.09 Å². The highest BCUT2D eigenvalue weighted by Gasteiger charge is 2.35. The number of carbonyl (C=O) groups is 3. The van der Waals surface area contributed by atoms with Crippen LogP contribution < -0.4 is 5.32 Å². The minimum Gasteiger partial charge on any atom is -0.481 e. The number of nitrogens with one attached hydrogen (secondary N) is 1. The maximum Gasteiger partial charge on any atom is 0.410 e. The Hall–Kier alpha value is -2.67. The van der Waals surface area contributed by atoms with Crippen LogP contribution in [-0.2, 0) is 33.4 Å². The van der Waals surface area contributed by atoms with Crippen LogP contribution >= 0.6 is 0 Å². The lowest BCUT2D eigenvalue weighted by Gasteiger charge is -2.36. The normalized spacial score (nSPS) is 17.1. The summed E-state index contributed by atoms with van der Waals surface area (Å²) in [6.07, 6.45) is 1.12. The first-order valence-electron chi connectivity index (χ1n) is 9.89. The third-order valence-corrected chi connectivity index (χ3v) is 4.73. The number of amides is 1. The molecule has 2 atom stereocenters. The van der Waals surface area contributed by atoms with Gasteiger partial charge in [-0.15, -0.1) is 10.1 Å². The molecule has 13 nitrogen and oxygen atoms in total. The SMILES string of the molecule is COCC(COCC(=O)OC(C)OC(=O)NCC1(CC(=O)O)CCCCC1)O[N+](=O)[O-]. The molecule has 0 bridgehead atoms. The summed E-state index contributed by atoms with van der Waals surface area (Å²) in [5, 5.41) is 21.1. The van der Waals surface area contributed by atoms with Crippen LogP contribution in [0.25, 0.3) is 0 Å². The molecule has 1 amide bonds. The molecule has 1 aliphatic rings. The van der Waals surface area contributed by atoms with Crippen molar-refractivity contribution in [1.82, 2.24) is 5.32 Å². The Morgan fingerprint density at radius 1 is 1.16 bits per heavy atom. The van der Waals surface area contributed by atoms with E-state index in [0.29, 0.717) is 12.8 Å². The van der Waals surface area contributed by atoms with Crippen molar-refractivity contribution in [2.24, 2.45) is 5.41 Å². The van der Waals surface area contributed by atoms with E-state index in [-0.39, 0.29) is 26.2 Å². The Morgan fingerprint density at radius 2 is 1.84 bits per heavy atom. The van der Waals surface area contributed by atoms with Crippen molar-refractivity contribution >= 4 is 18.0 Å². The number of hydrogen-bond donors (Lipinski definition) is 2. The lowest BCUT2D eigenvalue weighted by molar-refractivity contribution is -0.769. The Bertz CT molecular complexity index is 607. The first kappa shape index (κ1) is 26.4. The topological polar surface area (TPSA) is 173 Å². The van der Waals surface area contributed by atoms with E-state index in [0.717, 1.165) is 19.3 Å². The van der Waals surface area contributed by atoms with Crippen molar-refractivity contribution in [3.05, 3.63) is 10.1 Å². The summed E-state index contributed by atoms with van der Waals surface area (Å²) in [6.45, 7) is 0.538. The lowest BCUT2D eigenvalue weighted by Crippen LogP contribution is -2.41. The summed E-state index contributed by atoms with van der Waals surface area (Å²) in [5.41, 5.74) is -0.512. The number of methoxy groups -OCH3 is 1. The minimum absolute atomic E-state index is 0.0423. The van der Waals surface area contributed by atoms with Crippen molar-refractivity contribution in [3.63, 3.8) is 0 Å². The van der Waals surface area contributed by atoms with E-state index in [9.17, 15) is 24.5 Å². The second-order valence-corrected chi connectivity index (χ2v) is 7.37. The molecule has 1 fully saturated rings. The Labute approximate surface area is 179 Å². The van der Waals surface area contributed by atoms with Crippen LogP contribution in [0, 0.1) is 15.5 Å². The summed E-state index contributed by atoms with van der Waals surface area (Å²) in [6, 6.07) is 0. The smallest absolute Gasteiger partial charge is 0.410 e. The number of alkyl carbamates (subject to hydrolysis) is 1. The minimum atomic E-state index is -1.22. The van der Waals surface area contributed by atoms with Gasteiger partial charge in [-0.25, -0.2) is 9.59 Å². The summed E-state index contributed by atoms with van der Waals surface area (Å²) in [4.78, 5) is 49.6. The van der Waals surface area contributed by atoms with Gasteiger partial charge < -0.3 is 34.2 Å². The van der Waals surface area contributed by atoms with E-state index in [1.165, 1.54) is 14.0 Å². The van der Waals surface area contributed by atoms with Crippen LogP contribution in [0.2, 0.25) is 0 Å². The number of aliphatic carboxylic acids is 1. The molecule has 0 radical (unpaired) electrons. The summed E-state index contributed by atoms with van der Waals surface area (Å²) in [7, 11) is 1.33. The molecule has 13 heteroatoms. The number of rotatable bonds is 14. The zero-order valence-corrected chi connectivity index (χ0v) is 17.7. The molecule has 0 aromatic heterocycles. The average molecular weight is 450 g/mol. The van der Waals surface area contributed by atoms with Crippen LogP contribution in [0.5, 0.6) is 0 Å². The van der Waals surface area contributed by atoms with Gasteiger partial charge in [-0.05, 0) is 18.3 Å². The molecular formula is C18H30N2O11.